The number of likely N-dealkylation sites (N-methyl/N-ethyl adjacent to an activating group) is 1. The van der Waals surface area contributed by atoms with Crippen LogP contribution in [0.15, 0.2) is 24.3 Å². The summed E-state index contributed by atoms with van der Waals surface area (Å²) in [5.74, 6) is 1.21. The summed E-state index contributed by atoms with van der Waals surface area (Å²) in [5, 5.41) is 2.90. The van der Waals surface area contributed by atoms with Crippen molar-refractivity contribution in [1.29, 1.82) is 0 Å². The number of rotatable bonds is 6. The molecule has 0 heterocycles. The Morgan fingerprint density at radius 2 is 2.00 bits per heavy atom. The Bertz CT molecular complexity index is 397. The maximum absolute atomic E-state index is 11.6. The van der Waals surface area contributed by atoms with Gasteiger partial charge in [-0.05, 0) is 51.2 Å². The Balaban J connectivity index is 1.79. The van der Waals surface area contributed by atoms with Crippen molar-refractivity contribution < 1.29 is 9.53 Å². The van der Waals surface area contributed by atoms with Crippen molar-refractivity contribution in [3.05, 3.63) is 24.3 Å². The van der Waals surface area contributed by atoms with Gasteiger partial charge >= 0.3 is 0 Å². The van der Waals surface area contributed by atoms with Gasteiger partial charge in [0, 0.05) is 18.2 Å². The van der Waals surface area contributed by atoms with Gasteiger partial charge < -0.3 is 15.0 Å². The highest BCUT2D eigenvalue weighted by Crippen LogP contribution is 2.30. The zero-order valence-corrected chi connectivity index (χ0v) is 11.0. The van der Waals surface area contributed by atoms with E-state index in [2.05, 4.69) is 10.2 Å². The van der Waals surface area contributed by atoms with E-state index in [1.165, 1.54) is 0 Å². The molecule has 1 saturated carbocycles. The number of ether oxygens (including phenoxy) is 1. The first-order valence-corrected chi connectivity index (χ1v) is 6.33. The fourth-order valence-corrected chi connectivity index (χ4v) is 1.57. The minimum Gasteiger partial charge on any atom is -0.492 e. The summed E-state index contributed by atoms with van der Waals surface area (Å²) in [5.41, 5.74) is 0.840. The minimum absolute atomic E-state index is 0.135. The third-order valence-electron chi connectivity index (χ3n) is 2.88. The fourth-order valence-electron chi connectivity index (χ4n) is 1.57. The van der Waals surface area contributed by atoms with Crippen molar-refractivity contribution in [2.45, 2.75) is 12.8 Å². The molecule has 0 spiro atoms. The molecule has 1 aliphatic carbocycles. The van der Waals surface area contributed by atoms with E-state index < -0.39 is 0 Å². The van der Waals surface area contributed by atoms with Crippen molar-refractivity contribution in [3.63, 3.8) is 0 Å². The number of nitrogens with zero attached hydrogens (tertiary/aromatic N) is 1. The molecule has 2 rings (SSSR count). The van der Waals surface area contributed by atoms with E-state index in [0.29, 0.717) is 6.61 Å². The van der Waals surface area contributed by atoms with E-state index in [4.69, 9.17) is 4.74 Å². The van der Waals surface area contributed by atoms with Crippen LogP contribution in [-0.2, 0) is 4.79 Å². The van der Waals surface area contributed by atoms with Crippen molar-refractivity contribution in [1.82, 2.24) is 4.90 Å². The van der Waals surface area contributed by atoms with E-state index in [1.807, 2.05) is 38.4 Å². The highest BCUT2D eigenvalue weighted by atomic mass is 16.5. The summed E-state index contributed by atoms with van der Waals surface area (Å²) < 4.78 is 5.58. The summed E-state index contributed by atoms with van der Waals surface area (Å²) in [6.07, 6.45) is 2.05. The highest BCUT2D eigenvalue weighted by molar-refractivity contribution is 5.94. The van der Waals surface area contributed by atoms with Crippen molar-refractivity contribution in [3.8, 4) is 5.75 Å². The molecule has 0 atom stereocenters. The van der Waals surface area contributed by atoms with Crippen molar-refractivity contribution in [2.75, 3.05) is 32.6 Å². The van der Waals surface area contributed by atoms with Crippen molar-refractivity contribution in [2.24, 2.45) is 5.92 Å². The normalized spacial score (nSPS) is 14.6. The quantitative estimate of drug-likeness (QED) is 0.837. The van der Waals surface area contributed by atoms with Crippen LogP contribution in [0.4, 0.5) is 5.69 Å². The van der Waals surface area contributed by atoms with Gasteiger partial charge in [0.15, 0.2) is 0 Å². The smallest absolute Gasteiger partial charge is 0.227 e. The molecule has 98 valence electrons. The number of nitrogens with one attached hydrogen (secondary N) is 1. The summed E-state index contributed by atoms with van der Waals surface area (Å²) in [6, 6.07) is 7.53. The van der Waals surface area contributed by atoms with Crippen LogP contribution in [0, 0.1) is 5.92 Å². The van der Waals surface area contributed by atoms with Crippen LogP contribution in [0.25, 0.3) is 0 Å². The molecule has 0 aliphatic heterocycles. The third kappa shape index (κ3) is 4.04. The van der Waals surface area contributed by atoms with Gasteiger partial charge in [-0.2, -0.15) is 0 Å². The van der Waals surface area contributed by atoms with Gasteiger partial charge in [-0.1, -0.05) is 0 Å². The average molecular weight is 248 g/mol. The molecule has 1 aromatic rings. The number of hydrogen-bond acceptors (Lipinski definition) is 3. The van der Waals surface area contributed by atoms with Gasteiger partial charge in [-0.15, -0.1) is 0 Å². The topological polar surface area (TPSA) is 41.6 Å². The lowest BCUT2D eigenvalue weighted by Crippen LogP contribution is -2.19. The second-order valence-corrected chi connectivity index (χ2v) is 4.94. The first-order valence-electron chi connectivity index (χ1n) is 6.33. The molecule has 1 amide bonds. The second kappa shape index (κ2) is 5.87. The number of carbonyl (C=O) groups is 1. The van der Waals surface area contributed by atoms with Gasteiger partial charge in [-0.25, -0.2) is 0 Å². The lowest BCUT2D eigenvalue weighted by Gasteiger charge is -2.11. The van der Waals surface area contributed by atoms with Crippen LogP contribution in [0.3, 0.4) is 0 Å². The van der Waals surface area contributed by atoms with E-state index in [1.54, 1.807) is 0 Å². The molecule has 4 heteroatoms. The molecule has 0 saturated heterocycles. The number of benzene rings is 1. The van der Waals surface area contributed by atoms with E-state index >= 15 is 0 Å². The van der Waals surface area contributed by atoms with Crippen molar-refractivity contribution >= 4 is 11.6 Å². The molecule has 0 unspecified atom stereocenters. The van der Waals surface area contributed by atoms with Crippen LogP contribution < -0.4 is 10.1 Å². The highest BCUT2D eigenvalue weighted by Gasteiger charge is 2.29. The monoisotopic (exact) mass is 248 g/mol. The van der Waals surface area contributed by atoms with Gasteiger partial charge in [0.1, 0.15) is 12.4 Å². The predicted molar refractivity (Wildman–Crippen MR) is 71.8 cm³/mol. The van der Waals surface area contributed by atoms with Gasteiger partial charge in [0.25, 0.3) is 0 Å². The summed E-state index contributed by atoms with van der Waals surface area (Å²) in [6.45, 7) is 1.56. The zero-order valence-electron chi connectivity index (χ0n) is 11.0. The first-order chi connectivity index (χ1) is 8.65. The molecule has 0 radical (unpaired) electrons. The molecular formula is C14H20N2O2. The van der Waals surface area contributed by atoms with Crippen LogP contribution >= 0.6 is 0 Å². The fraction of sp³-hybridized carbons (Fsp3) is 0.500. The molecule has 1 N–H and O–H groups in total. The Labute approximate surface area is 108 Å². The largest absolute Gasteiger partial charge is 0.492 e. The summed E-state index contributed by atoms with van der Waals surface area (Å²) >= 11 is 0. The Hall–Kier alpha value is -1.55. The van der Waals surface area contributed by atoms with Gasteiger partial charge in [-0.3, -0.25) is 4.79 Å². The second-order valence-electron chi connectivity index (χ2n) is 4.94. The van der Waals surface area contributed by atoms with Gasteiger partial charge in [0.05, 0.1) is 0 Å². The van der Waals surface area contributed by atoms with Crippen LogP contribution in [-0.4, -0.2) is 38.1 Å². The predicted octanol–water partition coefficient (Wildman–Crippen LogP) is 1.98. The lowest BCUT2D eigenvalue weighted by molar-refractivity contribution is -0.117. The maximum Gasteiger partial charge on any atom is 0.227 e. The lowest BCUT2D eigenvalue weighted by atomic mass is 10.3. The molecular weight excluding hydrogens is 228 g/mol. The number of hydrogen-bond donors (Lipinski definition) is 1. The molecule has 1 fully saturated rings. The summed E-state index contributed by atoms with van der Waals surface area (Å²) in [4.78, 5) is 13.6. The molecule has 18 heavy (non-hydrogen) atoms. The first kappa shape index (κ1) is 12.9. The van der Waals surface area contributed by atoms with E-state index in [9.17, 15) is 4.79 Å². The zero-order chi connectivity index (χ0) is 13.0. The maximum atomic E-state index is 11.6. The number of amides is 1. The van der Waals surface area contributed by atoms with Gasteiger partial charge in [0.2, 0.25) is 5.91 Å². The van der Waals surface area contributed by atoms with Crippen LogP contribution in [0.1, 0.15) is 12.8 Å². The standard InChI is InChI=1S/C14H20N2O2/c1-16(2)9-10-18-13-7-5-12(6-8-13)15-14(17)11-3-4-11/h5-8,11H,3-4,9-10H2,1-2H3,(H,15,17). The van der Waals surface area contributed by atoms with E-state index in [0.717, 1.165) is 30.8 Å². The SMILES string of the molecule is CN(C)CCOc1ccc(NC(=O)C2CC2)cc1. The average Bonchev–Trinajstić information content (AvgIpc) is 3.15. The Kier molecular flexibility index (Phi) is 4.20. The van der Waals surface area contributed by atoms with E-state index in [-0.39, 0.29) is 11.8 Å². The minimum atomic E-state index is 0.135. The Morgan fingerprint density at radius 3 is 2.56 bits per heavy atom. The molecule has 0 bridgehead atoms. The molecule has 4 nitrogen and oxygen atoms in total. The Morgan fingerprint density at radius 1 is 1.33 bits per heavy atom. The molecule has 1 aromatic carbocycles. The van der Waals surface area contributed by atoms with Crippen LogP contribution in [0.2, 0.25) is 0 Å². The number of anilines is 1. The molecule has 0 aromatic heterocycles. The summed E-state index contributed by atoms with van der Waals surface area (Å²) in [7, 11) is 4.03. The van der Waals surface area contributed by atoms with Crippen LogP contribution in [0.5, 0.6) is 5.75 Å². The molecule has 1 aliphatic rings. The third-order valence-corrected chi connectivity index (χ3v) is 2.88. The number of carbonyl (C=O) groups excluding carboxylic acids is 1.